The molecule has 0 heterocycles. The number of halogens is 1. The van der Waals surface area contributed by atoms with Crippen LogP contribution < -0.4 is 15.1 Å². The first-order valence-electron chi connectivity index (χ1n) is 16.0. The van der Waals surface area contributed by atoms with E-state index in [9.17, 15) is 18.9 Å². The van der Waals surface area contributed by atoms with Crippen LogP contribution in [0.15, 0.2) is 97.1 Å². The van der Waals surface area contributed by atoms with Crippen LogP contribution in [0.3, 0.4) is 0 Å². The molecule has 0 amide bonds. The molecular weight excluding hydrogens is 630 g/mol. The Morgan fingerprint density at radius 3 is 2.06 bits per heavy atom. The van der Waals surface area contributed by atoms with Gasteiger partial charge in [-0.3, -0.25) is 9.36 Å². The first-order valence-corrected chi connectivity index (χ1v) is 19.5. The summed E-state index contributed by atoms with van der Waals surface area (Å²) in [6, 6.07) is 30.3. The summed E-state index contributed by atoms with van der Waals surface area (Å²) in [5.74, 6) is -0.533. The summed E-state index contributed by atoms with van der Waals surface area (Å²) < 4.78 is 45.7. The molecule has 4 aromatic carbocycles. The number of rotatable bonds is 16. The third-order valence-electron chi connectivity index (χ3n) is 8.28. The minimum atomic E-state index is -3.05. The molecule has 0 saturated heterocycles. The van der Waals surface area contributed by atoms with Crippen molar-refractivity contribution in [1.82, 2.24) is 0 Å². The lowest BCUT2D eigenvalue weighted by Crippen LogP contribution is -2.68. The van der Waals surface area contributed by atoms with Crippen molar-refractivity contribution in [1.29, 1.82) is 0 Å². The van der Waals surface area contributed by atoms with Crippen LogP contribution in [0, 0.1) is 19.7 Å². The van der Waals surface area contributed by atoms with Crippen LogP contribution >= 0.6 is 8.03 Å². The highest BCUT2D eigenvalue weighted by atomic mass is 31.1. The van der Waals surface area contributed by atoms with E-state index in [1.165, 1.54) is 12.1 Å². The zero-order valence-electron chi connectivity index (χ0n) is 27.9. The topological polar surface area (TPSA) is 82.1 Å². The van der Waals surface area contributed by atoms with E-state index in [2.05, 4.69) is 26.8 Å². The molecule has 0 saturated carbocycles. The Morgan fingerprint density at radius 1 is 0.915 bits per heavy atom. The Labute approximate surface area is 279 Å². The fourth-order valence-corrected chi connectivity index (χ4v) is 12.1. The zero-order valence-corrected chi connectivity index (χ0v) is 29.9. The highest BCUT2D eigenvalue weighted by Gasteiger charge is 2.51. The largest absolute Gasteiger partial charge is 0.489 e. The fourth-order valence-electron chi connectivity index (χ4n) is 6.12. The van der Waals surface area contributed by atoms with Gasteiger partial charge in [-0.2, -0.15) is 0 Å². The molecule has 0 aromatic heterocycles. The molecule has 0 spiro atoms. The van der Waals surface area contributed by atoms with Crippen LogP contribution in [-0.2, 0) is 31.3 Å². The Bertz CT molecular complexity index is 1580. The smallest absolute Gasteiger partial charge is 0.305 e. The van der Waals surface area contributed by atoms with E-state index in [4.69, 9.17) is 13.7 Å². The molecule has 1 N–H and O–H groups in total. The third kappa shape index (κ3) is 9.74. The molecule has 6 nitrogen and oxygen atoms in total. The number of carbonyl (C=O) groups is 1. The number of aliphatic carboxylic acids is 1. The summed E-state index contributed by atoms with van der Waals surface area (Å²) in [5.41, 5.74) is 4.08. The summed E-state index contributed by atoms with van der Waals surface area (Å²) >= 11 is 0. The molecule has 250 valence electrons. The SMILES string of the molecule is Cc1cc(C)c(CCCO[PH](=O)C[C@H](CC(=O)O)O[Si](c2ccccc2)(c2ccccc2)C(C)(C)C)c(OCc2ccc(F)cc2)c1. The minimum Gasteiger partial charge on any atom is -0.489 e. The van der Waals surface area contributed by atoms with Gasteiger partial charge in [0.1, 0.15) is 18.2 Å². The van der Waals surface area contributed by atoms with Gasteiger partial charge in [-0.15, -0.1) is 0 Å². The molecule has 0 radical (unpaired) electrons. The summed E-state index contributed by atoms with van der Waals surface area (Å²) in [6.07, 6.45) is 0.193. The summed E-state index contributed by atoms with van der Waals surface area (Å²) in [6.45, 7) is 11.0. The summed E-state index contributed by atoms with van der Waals surface area (Å²) in [5, 5.41) is 11.6. The van der Waals surface area contributed by atoms with Gasteiger partial charge in [0.25, 0.3) is 8.32 Å². The van der Waals surface area contributed by atoms with Gasteiger partial charge in [-0.05, 0) is 82.6 Å². The first-order chi connectivity index (χ1) is 22.4. The average molecular weight is 677 g/mol. The van der Waals surface area contributed by atoms with Crippen LogP contribution in [0.1, 0.15) is 55.9 Å². The number of hydrogen-bond donors (Lipinski definition) is 1. The van der Waals surface area contributed by atoms with E-state index in [-0.39, 0.29) is 30.0 Å². The molecule has 2 atom stereocenters. The second kappa shape index (κ2) is 16.5. The van der Waals surface area contributed by atoms with Gasteiger partial charge in [0.15, 0.2) is 8.03 Å². The molecule has 0 aliphatic carbocycles. The van der Waals surface area contributed by atoms with E-state index < -0.39 is 28.4 Å². The van der Waals surface area contributed by atoms with Crippen LogP contribution in [0.2, 0.25) is 5.04 Å². The number of hydrogen-bond acceptors (Lipinski definition) is 5. The maximum atomic E-state index is 13.4. The van der Waals surface area contributed by atoms with E-state index in [1.807, 2.05) is 80.6 Å². The lowest BCUT2D eigenvalue weighted by molar-refractivity contribution is -0.138. The van der Waals surface area contributed by atoms with E-state index in [0.717, 1.165) is 38.4 Å². The number of aryl methyl sites for hydroxylation is 2. The Balaban J connectivity index is 1.45. The van der Waals surface area contributed by atoms with Gasteiger partial charge in [-0.25, -0.2) is 4.39 Å². The summed E-state index contributed by atoms with van der Waals surface area (Å²) in [4.78, 5) is 12.0. The maximum Gasteiger partial charge on any atom is 0.305 e. The van der Waals surface area contributed by atoms with Gasteiger partial charge in [0, 0.05) is 6.16 Å². The number of benzene rings is 4. The first kappa shape index (κ1) is 36.3. The highest BCUT2D eigenvalue weighted by Crippen LogP contribution is 2.39. The van der Waals surface area contributed by atoms with Crippen LogP contribution in [-0.4, -0.2) is 38.3 Å². The third-order valence-corrected chi connectivity index (χ3v) is 14.7. The average Bonchev–Trinajstić information content (AvgIpc) is 3.02. The molecule has 4 rings (SSSR count). The molecule has 4 aromatic rings. The van der Waals surface area contributed by atoms with Gasteiger partial charge in [0.05, 0.1) is 19.1 Å². The van der Waals surface area contributed by atoms with Crippen molar-refractivity contribution in [2.45, 2.75) is 71.6 Å². The molecule has 0 bridgehead atoms. The van der Waals surface area contributed by atoms with Gasteiger partial charge < -0.3 is 18.8 Å². The number of carboxylic acid groups (broad SMARTS) is 1. The van der Waals surface area contributed by atoms with Crippen molar-refractivity contribution in [3.63, 3.8) is 0 Å². The van der Waals surface area contributed by atoms with Gasteiger partial charge >= 0.3 is 5.97 Å². The highest BCUT2D eigenvalue weighted by molar-refractivity contribution is 7.39. The molecule has 0 aliphatic heterocycles. The fraction of sp³-hybridized carbons (Fsp3) is 0.342. The van der Waals surface area contributed by atoms with Crippen LogP contribution in [0.5, 0.6) is 5.75 Å². The van der Waals surface area contributed by atoms with Crippen molar-refractivity contribution in [2.24, 2.45) is 0 Å². The number of ether oxygens (including phenoxy) is 1. The van der Waals surface area contributed by atoms with Crippen molar-refractivity contribution in [2.75, 3.05) is 12.8 Å². The second-order valence-electron chi connectivity index (χ2n) is 13.0. The molecule has 1 unspecified atom stereocenters. The van der Waals surface area contributed by atoms with Gasteiger partial charge in [0.2, 0.25) is 0 Å². The summed E-state index contributed by atoms with van der Waals surface area (Å²) in [7, 11) is -5.68. The standard InChI is InChI=1S/C38H46FO6PSi/c1-28-23-29(2)35(36(24-28)43-26-30-18-20-31(39)21-19-30)17-12-22-44-46(42)27-32(25-37(40)41)45-47(38(3,4)5,33-13-8-6-9-14-33)34-15-10-7-11-16-34/h6-11,13-16,18-21,23-24,32,46H,12,17,22,25-27H2,1-5H3,(H,40,41)/t32-/m0/s1. The van der Waals surface area contributed by atoms with Gasteiger partial charge in [-0.1, -0.05) is 99.6 Å². The van der Waals surface area contributed by atoms with Crippen LogP contribution in [0.25, 0.3) is 0 Å². The van der Waals surface area contributed by atoms with Crippen molar-refractivity contribution < 1.29 is 32.5 Å². The lowest BCUT2D eigenvalue weighted by atomic mass is 10.0. The predicted octanol–water partition coefficient (Wildman–Crippen LogP) is 7.87. The maximum absolute atomic E-state index is 13.4. The van der Waals surface area contributed by atoms with E-state index in [1.54, 1.807) is 12.1 Å². The predicted molar refractivity (Wildman–Crippen MR) is 190 cm³/mol. The van der Waals surface area contributed by atoms with Crippen LogP contribution in [0.4, 0.5) is 4.39 Å². The van der Waals surface area contributed by atoms with Crippen molar-refractivity contribution >= 4 is 32.7 Å². The quantitative estimate of drug-likeness (QED) is 0.0740. The van der Waals surface area contributed by atoms with Crippen molar-refractivity contribution in [3.8, 4) is 5.75 Å². The minimum absolute atomic E-state index is 0.0110. The molecule has 47 heavy (non-hydrogen) atoms. The number of carboxylic acids is 1. The molecule has 9 heteroatoms. The Kier molecular flexibility index (Phi) is 12.8. The monoisotopic (exact) mass is 676 g/mol. The van der Waals surface area contributed by atoms with E-state index in [0.29, 0.717) is 19.4 Å². The second-order valence-corrected chi connectivity index (χ2v) is 18.7. The van der Waals surface area contributed by atoms with Crippen molar-refractivity contribution in [3.05, 3.63) is 125 Å². The zero-order chi connectivity index (χ0) is 34.0. The van der Waals surface area contributed by atoms with E-state index >= 15 is 0 Å². The Hall–Kier alpha value is -3.55. The normalized spacial score (nSPS) is 13.2. The molecule has 0 aliphatic rings. The molecular formula is C38H46FO6PSi. The lowest BCUT2D eigenvalue weighted by Gasteiger charge is -2.45. The Morgan fingerprint density at radius 2 is 1.51 bits per heavy atom. The molecule has 0 fully saturated rings.